The van der Waals surface area contributed by atoms with Gasteiger partial charge in [0.05, 0.1) is 11.2 Å². The Kier molecular flexibility index (Phi) is 2.09. The zero-order valence-corrected chi connectivity index (χ0v) is 10.6. The predicted molar refractivity (Wildman–Crippen MR) is 74.1 cm³/mol. The zero-order chi connectivity index (χ0) is 16.8. The van der Waals surface area contributed by atoms with Crippen molar-refractivity contribution in [2.75, 3.05) is 5.73 Å². The minimum Gasteiger partial charge on any atom is -0.457 e. The molecule has 1 heterocycles. The van der Waals surface area contributed by atoms with Gasteiger partial charge in [-0.3, -0.25) is 0 Å². The Morgan fingerprint density at radius 1 is 1.35 bits per heavy atom. The molecule has 0 fully saturated rings. The lowest BCUT2D eigenvalue weighted by Crippen LogP contribution is -1.96. The summed E-state index contributed by atoms with van der Waals surface area (Å²) in [5.74, 6) is -0.782. The van der Waals surface area contributed by atoms with Gasteiger partial charge in [-0.1, -0.05) is 5.21 Å². The number of rotatable bonds is 2. The largest absolute Gasteiger partial charge is 0.457 e. The standard InChI is InChI=1S/C14H13FN4O/c1-8-13(6-4-10(16)14(8)15)20-9-3-5-12-11(7-9)17-18-19(12)2/h3-7H,16H2,1-2H3/i1D3. The molecule has 0 radical (unpaired) electrons. The van der Waals surface area contributed by atoms with E-state index in [1.165, 1.54) is 12.1 Å². The van der Waals surface area contributed by atoms with Crippen molar-refractivity contribution in [2.45, 2.75) is 6.85 Å². The number of nitrogens with zero attached hydrogens (tertiary/aromatic N) is 3. The monoisotopic (exact) mass is 275 g/mol. The molecule has 0 aliphatic heterocycles. The molecule has 0 spiro atoms. The second-order valence-corrected chi connectivity index (χ2v) is 4.31. The first-order chi connectivity index (χ1) is 10.8. The Bertz CT molecular complexity index is 892. The Morgan fingerprint density at radius 2 is 2.20 bits per heavy atom. The molecule has 3 rings (SSSR count). The predicted octanol–water partition coefficient (Wildman–Crippen LogP) is 2.79. The molecule has 0 aliphatic carbocycles. The molecule has 0 saturated carbocycles. The Balaban J connectivity index is 2.06. The van der Waals surface area contributed by atoms with Crippen molar-refractivity contribution in [2.24, 2.45) is 7.05 Å². The van der Waals surface area contributed by atoms with Crippen molar-refractivity contribution in [3.8, 4) is 11.5 Å². The average molecular weight is 275 g/mol. The number of anilines is 1. The van der Waals surface area contributed by atoms with Gasteiger partial charge in [-0.05, 0) is 31.1 Å². The zero-order valence-electron chi connectivity index (χ0n) is 13.6. The van der Waals surface area contributed by atoms with Crippen molar-refractivity contribution in [1.29, 1.82) is 0 Å². The third kappa shape index (κ3) is 1.95. The van der Waals surface area contributed by atoms with Gasteiger partial charge in [-0.15, -0.1) is 5.10 Å². The maximum Gasteiger partial charge on any atom is 0.152 e. The lowest BCUT2D eigenvalue weighted by atomic mass is 10.2. The number of hydrogen-bond acceptors (Lipinski definition) is 4. The molecule has 5 nitrogen and oxygen atoms in total. The fraction of sp³-hybridized carbons (Fsp3) is 0.143. The maximum atomic E-state index is 14.1. The Morgan fingerprint density at radius 3 is 3.00 bits per heavy atom. The molecule has 20 heavy (non-hydrogen) atoms. The minimum atomic E-state index is -2.69. The summed E-state index contributed by atoms with van der Waals surface area (Å²) in [7, 11) is 1.75. The minimum absolute atomic E-state index is 0.111. The molecular formula is C14H13FN4O. The van der Waals surface area contributed by atoms with E-state index in [0.29, 0.717) is 11.3 Å². The fourth-order valence-corrected chi connectivity index (χ4v) is 1.87. The highest BCUT2D eigenvalue weighted by Gasteiger charge is 2.10. The number of aromatic nitrogens is 3. The lowest BCUT2D eigenvalue weighted by Gasteiger charge is -2.10. The molecule has 2 aromatic carbocycles. The highest BCUT2D eigenvalue weighted by Crippen LogP contribution is 2.30. The molecule has 6 heteroatoms. The first-order valence-electron chi connectivity index (χ1n) is 7.33. The quantitative estimate of drug-likeness (QED) is 0.730. The second-order valence-electron chi connectivity index (χ2n) is 4.31. The highest BCUT2D eigenvalue weighted by atomic mass is 19.1. The summed E-state index contributed by atoms with van der Waals surface area (Å²) in [5, 5.41) is 7.82. The molecule has 0 atom stereocenters. The van der Waals surface area contributed by atoms with Crippen LogP contribution >= 0.6 is 0 Å². The van der Waals surface area contributed by atoms with Crippen molar-refractivity contribution < 1.29 is 13.2 Å². The summed E-state index contributed by atoms with van der Waals surface area (Å²) in [4.78, 5) is 0. The molecule has 2 N–H and O–H groups in total. The Hall–Kier alpha value is -2.63. The van der Waals surface area contributed by atoms with E-state index in [9.17, 15) is 4.39 Å². The first kappa shape index (κ1) is 9.30. The molecule has 0 amide bonds. The van der Waals surface area contributed by atoms with E-state index in [1.54, 1.807) is 29.9 Å². The third-order valence-corrected chi connectivity index (χ3v) is 2.94. The summed E-state index contributed by atoms with van der Waals surface area (Å²) in [6, 6.07) is 7.55. The molecule has 0 aliphatic rings. The number of halogens is 1. The van der Waals surface area contributed by atoms with Crippen LogP contribution in [0.4, 0.5) is 10.1 Å². The van der Waals surface area contributed by atoms with Crippen LogP contribution in [0.15, 0.2) is 30.3 Å². The van der Waals surface area contributed by atoms with Gasteiger partial charge in [0.25, 0.3) is 0 Å². The lowest BCUT2D eigenvalue weighted by molar-refractivity contribution is 0.472. The SMILES string of the molecule is [2H]C([2H])([2H])c1c(Oc2ccc3c(c2)nnn3C)ccc(N)c1F. The number of nitrogen functional groups attached to an aromatic ring is 1. The number of fused-ring (bicyclic) bond motifs is 1. The molecule has 102 valence electrons. The van der Waals surface area contributed by atoms with E-state index in [0.717, 1.165) is 5.52 Å². The van der Waals surface area contributed by atoms with Crippen LogP contribution in [-0.4, -0.2) is 15.0 Å². The Labute approximate surface area is 119 Å². The van der Waals surface area contributed by atoms with Crippen molar-refractivity contribution in [1.82, 2.24) is 15.0 Å². The van der Waals surface area contributed by atoms with Gasteiger partial charge < -0.3 is 10.5 Å². The van der Waals surface area contributed by atoms with Gasteiger partial charge in [0.15, 0.2) is 5.82 Å². The number of ether oxygens (including phenoxy) is 1. The van der Waals surface area contributed by atoms with Gasteiger partial charge in [0.1, 0.15) is 17.0 Å². The summed E-state index contributed by atoms with van der Waals surface area (Å²) >= 11 is 0. The number of nitrogens with two attached hydrogens (primary N) is 1. The third-order valence-electron chi connectivity index (χ3n) is 2.94. The van der Waals surface area contributed by atoms with Crippen LogP contribution < -0.4 is 10.5 Å². The van der Waals surface area contributed by atoms with Gasteiger partial charge in [-0.25, -0.2) is 9.07 Å². The molecule has 1 aromatic heterocycles. The van der Waals surface area contributed by atoms with Crippen LogP contribution in [0.3, 0.4) is 0 Å². The van der Waals surface area contributed by atoms with Gasteiger partial charge in [-0.2, -0.15) is 0 Å². The fourth-order valence-electron chi connectivity index (χ4n) is 1.87. The molecule has 0 saturated heterocycles. The maximum absolute atomic E-state index is 14.1. The summed E-state index contributed by atoms with van der Waals surface area (Å²) in [6.45, 7) is -2.69. The van der Waals surface area contributed by atoms with Crippen LogP contribution in [0.1, 0.15) is 9.68 Å². The molecule has 0 unspecified atom stereocenters. The van der Waals surface area contributed by atoms with Crippen LogP contribution in [0.5, 0.6) is 11.5 Å². The van der Waals surface area contributed by atoms with E-state index in [2.05, 4.69) is 10.3 Å². The average Bonchev–Trinajstić information content (AvgIpc) is 2.83. The van der Waals surface area contributed by atoms with E-state index in [4.69, 9.17) is 14.6 Å². The van der Waals surface area contributed by atoms with Crippen LogP contribution in [-0.2, 0) is 7.05 Å². The molecular weight excluding hydrogens is 259 g/mol. The van der Waals surface area contributed by atoms with Crippen LogP contribution in [0.2, 0.25) is 0 Å². The van der Waals surface area contributed by atoms with Gasteiger partial charge in [0, 0.05) is 22.8 Å². The smallest absolute Gasteiger partial charge is 0.152 e. The van der Waals surface area contributed by atoms with E-state index < -0.39 is 18.2 Å². The number of hydrogen-bond donors (Lipinski definition) is 1. The molecule has 3 aromatic rings. The summed E-state index contributed by atoms with van der Waals surface area (Å²) in [5.41, 5.74) is 6.04. The number of benzene rings is 2. The normalized spacial score (nSPS) is 13.8. The van der Waals surface area contributed by atoms with Crippen LogP contribution in [0.25, 0.3) is 11.0 Å². The van der Waals surface area contributed by atoms with Crippen molar-refractivity contribution >= 4 is 16.7 Å². The van der Waals surface area contributed by atoms with Crippen molar-refractivity contribution in [3.05, 3.63) is 41.7 Å². The van der Waals surface area contributed by atoms with Crippen LogP contribution in [0, 0.1) is 12.7 Å². The molecule has 0 bridgehead atoms. The van der Waals surface area contributed by atoms with Gasteiger partial charge in [0.2, 0.25) is 0 Å². The van der Waals surface area contributed by atoms with E-state index in [1.807, 2.05) is 0 Å². The van der Waals surface area contributed by atoms with Gasteiger partial charge >= 0.3 is 0 Å². The van der Waals surface area contributed by atoms with E-state index in [-0.39, 0.29) is 11.4 Å². The van der Waals surface area contributed by atoms with E-state index >= 15 is 0 Å². The number of aryl methyl sites for hydroxylation is 1. The van der Waals surface area contributed by atoms with Crippen molar-refractivity contribution in [3.63, 3.8) is 0 Å². The summed E-state index contributed by atoms with van der Waals surface area (Å²) < 4.78 is 43.7. The topological polar surface area (TPSA) is 66.0 Å². The first-order valence-corrected chi connectivity index (χ1v) is 5.83. The summed E-state index contributed by atoms with van der Waals surface area (Å²) in [6.07, 6.45) is 0. The second kappa shape index (κ2) is 4.48. The highest BCUT2D eigenvalue weighted by molar-refractivity contribution is 5.76.